The number of esters is 2. The van der Waals surface area contributed by atoms with Crippen LogP contribution >= 0.6 is 0 Å². The first-order valence-electron chi connectivity index (χ1n) is 16.0. The Morgan fingerprint density at radius 3 is 1.53 bits per heavy atom. The van der Waals surface area contributed by atoms with Gasteiger partial charge in [-0.25, -0.2) is 4.79 Å². The SMILES string of the molecule is CCCCCCCCCCCCOC(=O)C1C(C)=CC=NC1(C)C(=O)OCCCCCCCCCCCC. The zero-order valence-corrected chi connectivity index (χ0v) is 25.4. The van der Waals surface area contributed by atoms with Crippen LogP contribution in [0.3, 0.4) is 0 Å². The Bertz CT molecular complexity index is 686. The minimum atomic E-state index is -1.26. The highest BCUT2D eigenvalue weighted by Gasteiger charge is 2.49. The summed E-state index contributed by atoms with van der Waals surface area (Å²) in [6.07, 6.45) is 28.1. The first-order valence-corrected chi connectivity index (χ1v) is 16.0. The Balaban J connectivity index is 2.27. The standard InChI is InChI=1S/C33H59NO4/c1-5-7-9-11-13-15-17-19-21-23-27-37-31(35)30-29(3)25-26-34-33(30,4)32(36)38-28-24-22-20-18-16-14-12-10-8-6-2/h25-26,30H,5-24,27-28H2,1-4H3. The molecule has 220 valence electrons. The van der Waals surface area contributed by atoms with E-state index in [0.717, 1.165) is 31.3 Å². The predicted molar refractivity (Wildman–Crippen MR) is 160 cm³/mol. The molecule has 38 heavy (non-hydrogen) atoms. The second-order valence-corrected chi connectivity index (χ2v) is 11.4. The number of allylic oxidation sites excluding steroid dienone is 1. The van der Waals surface area contributed by atoms with E-state index in [1.165, 1.54) is 103 Å². The van der Waals surface area contributed by atoms with Gasteiger partial charge in [-0.3, -0.25) is 9.79 Å². The third kappa shape index (κ3) is 14.5. The Kier molecular flexibility index (Phi) is 20.1. The van der Waals surface area contributed by atoms with Crippen LogP contribution < -0.4 is 0 Å². The Morgan fingerprint density at radius 1 is 0.684 bits per heavy atom. The summed E-state index contributed by atoms with van der Waals surface area (Å²) in [4.78, 5) is 30.4. The van der Waals surface area contributed by atoms with Crippen molar-refractivity contribution in [2.45, 2.75) is 162 Å². The molecule has 1 aliphatic heterocycles. The second kappa shape index (κ2) is 22.2. The molecule has 1 heterocycles. The van der Waals surface area contributed by atoms with E-state index in [1.807, 2.05) is 6.92 Å². The lowest BCUT2D eigenvalue weighted by Crippen LogP contribution is -2.48. The minimum Gasteiger partial charge on any atom is -0.465 e. The van der Waals surface area contributed by atoms with Crippen molar-refractivity contribution in [1.29, 1.82) is 0 Å². The number of hydrogen-bond donors (Lipinski definition) is 0. The van der Waals surface area contributed by atoms with Crippen molar-refractivity contribution in [2.75, 3.05) is 13.2 Å². The lowest BCUT2D eigenvalue weighted by Gasteiger charge is -2.33. The van der Waals surface area contributed by atoms with Crippen molar-refractivity contribution in [3.8, 4) is 0 Å². The van der Waals surface area contributed by atoms with Crippen molar-refractivity contribution in [3.05, 3.63) is 11.6 Å². The van der Waals surface area contributed by atoms with Crippen LogP contribution in [-0.2, 0) is 19.1 Å². The minimum absolute atomic E-state index is 0.370. The number of unbranched alkanes of at least 4 members (excludes halogenated alkanes) is 18. The predicted octanol–water partition coefficient (Wildman–Crippen LogP) is 9.32. The molecule has 0 bridgehead atoms. The Labute approximate surface area is 234 Å². The van der Waals surface area contributed by atoms with Gasteiger partial charge in [-0.1, -0.05) is 135 Å². The number of ether oxygens (including phenoxy) is 2. The highest BCUT2D eigenvalue weighted by atomic mass is 16.5. The quantitative estimate of drug-likeness (QED) is 0.0915. The van der Waals surface area contributed by atoms with Crippen molar-refractivity contribution in [2.24, 2.45) is 10.9 Å². The summed E-state index contributed by atoms with van der Waals surface area (Å²) in [5.41, 5.74) is -0.460. The monoisotopic (exact) mass is 533 g/mol. The van der Waals surface area contributed by atoms with Gasteiger partial charge in [0.25, 0.3) is 0 Å². The lowest BCUT2D eigenvalue weighted by molar-refractivity contribution is -0.160. The van der Waals surface area contributed by atoms with Crippen molar-refractivity contribution in [1.82, 2.24) is 0 Å². The van der Waals surface area contributed by atoms with E-state index in [9.17, 15) is 9.59 Å². The first-order chi connectivity index (χ1) is 18.5. The normalized spacial score (nSPS) is 18.8. The highest BCUT2D eigenvalue weighted by molar-refractivity contribution is 5.95. The molecule has 0 saturated carbocycles. The molecule has 5 nitrogen and oxygen atoms in total. The number of nitrogens with zero attached hydrogens (tertiary/aromatic N) is 1. The average Bonchev–Trinajstić information content (AvgIpc) is 2.90. The van der Waals surface area contributed by atoms with Gasteiger partial charge in [-0.2, -0.15) is 0 Å². The lowest BCUT2D eigenvalue weighted by atomic mass is 9.79. The molecule has 2 unspecified atom stereocenters. The largest absolute Gasteiger partial charge is 0.465 e. The molecule has 1 rings (SSSR count). The van der Waals surface area contributed by atoms with Crippen LogP contribution in [0.4, 0.5) is 0 Å². The van der Waals surface area contributed by atoms with Crippen LogP contribution in [-0.4, -0.2) is 36.9 Å². The molecule has 0 aliphatic carbocycles. The van der Waals surface area contributed by atoms with E-state index in [-0.39, 0.29) is 5.97 Å². The van der Waals surface area contributed by atoms with Crippen LogP contribution in [0, 0.1) is 5.92 Å². The van der Waals surface area contributed by atoms with Crippen LogP contribution in [0.5, 0.6) is 0 Å². The number of dihydropyridines is 1. The zero-order valence-electron chi connectivity index (χ0n) is 25.4. The van der Waals surface area contributed by atoms with Crippen molar-refractivity contribution in [3.63, 3.8) is 0 Å². The molecule has 5 heteroatoms. The number of carbonyl (C=O) groups is 2. The van der Waals surface area contributed by atoms with E-state index in [0.29, 0.717) is 13.2 Å². The number of rotatable bonds is 24. The molecule has 0 amide bonds. The van der Waals surface area contributed by atoms with Gasteiger partial charge in [0, 0.05) is 6.21 Å². The molecule has 0 aromatic heterocycles. The van der Waals surface area contributed by atoms with Gasteiger partial charge in [-0.05, 0) is 32.8 Å². The van der Waals surface area contributed by atoms with Crippen LogP contribution in [0.1, 0.15) is 156 Å². The molecule has 0 radical (unpaired) electrons. The molecule has 0 saturated heterocycles. The van der Waals surface area contributed by atoms with E-state index in [1.54, 1.807) is 19.2 Å². The Morgan fingerprint density at radius 2 is 1.08 bits per heavy atom. The summed E-state index contributed by atoms with van der Waals surface area (Å²) in [6.45, 7) is 8.84. The van der Waals surface area contributed by atoms with Gasteiger partial charge >= 0.3 is 11.9 Å². The molecular formula is C33H59NO4. The summed E-state index contributed by atoms with van der Waals surface area (Å²) < 4.78 is 11.2. The highest BCUT2D eigenvalue weighted by Crippen LogP contribution is 2.33. The first kappa shape index (κ1) is 34.4. The maximum absolute atomic E-state index is 13.0. The van der Waals surface area contributed by atoms with E-state index >= 15 is 0 Å². The van der Waals surface area contributed by atoms with Crippen molar-refractivity contribution < 1.29 is 19.1 Å². The van der Waals surface area contributed by atoms with E-state index in [2.05, 4.69) is 18.8 Å². The van der Waals surface area contributed by atoms with Crippen LogP contribution in [0.15, 0.2) is 16.6 Å². The maximum atomic E-state index is 13.0. The molecule has 0 fully saturated rings. The molecule has 0 aromatic rings. The summed E-state index contributed by atoms with van der Waals surface area (Å²) in [6, 6.07) is 0. The third-order valence-corrected chi connectivity index (χ3v) is 7.82. The van der Waals surface area contributed by atoms with Crippen LogP contribution in [0.2, 0.25) is 0 Å². The van der Waals surface area contributed by atoms with Gasteiger partial charge in [0.2, 0.25) is 0 Å². The van der Waals surface area contributed by atoms with Gasteiger partial charge in [0.15, 0.2) is 5.54 Å². The molecular weight excluding hydrogens is 474 g/mol. The smallest absolute Gasteiger partial charge is 0.334 e. The second-order valence-electron chi connectivity index (χ2n) is 11.4. The number of aliphatic imine (C=N–C) groups is 1. The number of carbonyl (C=O) groups excluding carboxylic acids is 2. The third-order valence-electron chi connectivity index (χ3n) is 7.82. The van der Waals surface area contributed by atoms with E-state index < -0.39 is 17.4 Å². The fraction of sp³-hybridized carbons (Fsp3) is 0.848. The Hall–Kier alpha value is -1.65. The summed E-state index contributed by atoms with van der Waals surface area (Å²) in [5, 5.41) is 0. The van der Waals surface area contributed by atoms with Gasteiger partial charge in [-0.15, -0.1) is 0 Å². The topological polar surface area (TPSA) is 65.0 Å². The molecule has 0 spiro atoms. The molecule has 0 aromatic carbocycles. The summed E-state index contributed by atoms with van der Waals surface area (Å²) in [7, 11) is 0. The average molecular weight is 534 g/mol. The van der Waals surface area contributed by atoms with Gasteiger partial charge in [0.05, 0.1) is 13.2 Å². The fourth-order valence-corrected chi connectivity index (χ4v) is 5.26. The molecule has 2 atom stereocenters. The fourth-order valence-electron chi connectivity index (χ4n) is 5.26. The zero-order chi connectivity index (χ0) is 27.9. The van der Waals surface area contributed by atoms with E-state index in [4.69, 9.17) is 9.47 Å². The molecule has 1 aliphatic rings. The number of hydrogen-bond acceptors (Lipinski definition) is 5. The summed E-state index contributed by atoms with van der Waals surface area (Å²) >= 11 is 0. The van der Waals surface area contributed by atoms with Gasteiger partial charge in [0.1, 0.15) is 5.92 Å². The molecule has 0 N–H and O–H groups in total. The van der Waals surface area contributed by atoms with Gasteiger partial charge < -0.3 is 9.47 Å². The summed E-state index contributed by atoms with van der Waals surface area (Å²) in [5.74, 6) is -1.53. The van der Waals surface area contributed by atoms with Crippen molar-refractivity contribution >= 4 is 18.2 Å². The van der Waals surface area contributed by atoms with Crippen LogP contribution in [0.25, 0.3) is 0 Å². The maximum Gasteiger partial charge on any atom is 0.334 e.